The number of nitrogens with one attached hydrogen (secondary N) is 1. The van der Waals surface area contributed by atoms with Crippen LogP contribution in [0.1, 0.15) is 13.8 Å². The number of benzene rings is 1. The minimum absolute atomic E-state index is 0.0556. The van der Waals surface area contributed by atoms with Crippen LogP contribution in [-0.4, -0.2) is 62.1 Å². The highest BCUT2D eigenvalue weighted by Gasteiger charge is 2.25. The van der Waals surface area contributed by atoms with Gasteiger partial charge >= 0.3 is 0 Å². The molecule has 2 amide bonds. The maximum Gasteiger partial charge on any atom is 0.253 e. The number of morpholine rings is 1. The molecule has 25 heavy (non-hydrogen) atoms. The van der Waals surface area contributed by atoms with Crippen molar-refractivity contribution in [2.75, 3.05) is 49.6 Å². The van der Waals surface area contributed by atoms with E-state index in [-0.39, 0.29) is 30.7 Å². The Morgan fingerprint density at radius 2 is 2.16 bits per heavy atom. The maximum absolute atomic E-state index is 14.4. The van der Waals surface area contributed by atoms with Gasteiger partial charge in [0.05, 0.1) is 12.3 Å². The summed E-state index contributed by atoms with van der Waals surface area (Å²) in [6.07, 6.45) is 0. The first-order valence-electron chi connectivity index (χ1n) is 8.44. The van der Waals surface area contributed by atoms with E-state index in [9.17, 15) is 14.0 Å². The number of hydrogen-bond donors (Lipinski definition) is 2. The molecule has 0 bridgehead atoms. The Hall–Kier alpha value is -2.03. The van der Waals surface area contributed by atoms with Gasteiger partial charge in [-0.3, -0.25) is 14.5 Å². The van der Waals surface area contributed by atoms with Gasteiger partial charge in [0, 0.05) is 18.8 Å². The molecule has 0 aliphatic carbocycles. The van der Waals surface area contributed by atoms with Crippen molar-refractivity contribution in [2.24, 2.45) is 5.73 Å². The molecule has 0 spiro atoms. The molecule has 1 heterocycles. The summed E-state index contributed by atoms with van der Waals surface area (Å²) >= 11 is 0. The number of anilines is 2. The van der Waals surface area contributed by atoms with Gasteiger partial charge in [0.1, 0.15) is 18.5 Å². The Morgan fingerprint density at radius 3 is 2.72 bits per heavy atom. The SMILES string of the molecule is CCN(CC)[C@H](CN)C(=O)Nc1ccc(N2CCOCC2=O)c(F)c1. The summed E-state index contributed by atoms with van der Waals surface area (Å²) in [6.45, 7) is 6.08. The lowest BCUT2D eigenvalue weighted by Gasteiger charge is -2.28. The molecule has 3 N–H and O–H groups in total. The molecule has 0 saturated carbocycles. The third kappa shape index (κ3) is 4.53. The highest BCUT2D eigenvalue weighted by atomic mass is 19.1. The van der Waals surface area contributed by atoms with Crippen LogP contribution in [0.15, 0.2) is 18.2 Å². The second-order valence-corrected chi connectivity index (χ2v) is 5.73. The molecule has 1 aliphatic heterocycles. The summed E-state index contributed by atoms with van der Waals surface area (Å²) < 4.78 is 19.5. The number of nitrogens with zero attached hydrogens (tertiary/aromatic N) is 2. The predicted octanol–water partition coefficient (Wildman–Crippen LogP) is 0.797. The number of ether oxygens (including phenoxy) is 1. The number of halogens is 1. The second kappa shape index (κ2) is 8.89. The fourth-order valence-electron chi connectivity index (χ4n) is 2.89. The van der Waals surface area contributed by atoms with Crippen molar-refractivity contribution in [1.82, 2.24) is 4.90 Å². The summed E-state index contributed by atoms with van der Waals surface area (Å²) in [5.74, 6) is -1.13. The van der Waals surface area contributed by atoms with Crippen molar-refractivity contribution < 1.29 is 18.7 Å². The van der Waals surface area contributed by atoms with Crippen LogP contribution in [0.3, 0.4) is 0 Å². The summed E-state index contributed by atoms with van der Waals surface area (Å²) in [7, 11) is 0. The van der Waals surface area contributed by atoms with Gasteiger partial charge in [-0.2, -0.15) is 0 Å². The highest BCUT2D eigenvalue weighted by molar-refractivity contribution is 5.97. The molecule has 8 heteroatoms. The van der Waals surface area contributed by atoms with Crippen molar-refractivity contribution in [3.8, 4) is 0 Å². The van der Waals surface area contributed by atoms with Gasteiger partial charge in [-0.05, 0) is 31.3 Å². The molecule has 1 aromatic rings. The van der Waals surface area contributed by atoms with E-state index in [1.54, 1.807) is 6.07 Å². The molecule has 0 unspecified atom stereocenters. The molecular formula is C17H25FN4O3. The maximum atomic E-state index is 14.4. The summed E-state index contributed by atoms with van der Waals surface area (Å²) in [5, 5.41) is 2.70. The summed E-state index contributed by atoms with van der Waals surface area (Å²) in [6, 6.07) is 3.81. The molecule has 7 nitrogen and oxygen atoms in total. The fraction of sp³-hybridized carbons (Fsp3) is 0.529. The number of carbonyl (C=O) groups excluding carboxylic acids is 2. The van der Waals surface area contributed by atoms with Crippen LogP contribution in [0.2, 0.25) is 0 Å². The molecule has 2 rings (SSSR count). The zero-order chi connectivity index (χ0) is 18.4. The van der Waals surface area contributed by atoms with E-state index in [2.05, 4.69) is 5.32 Å². The van der Waals surface area contributed by atoms with E-state index in [1.807, 2.05) is 18.7 Å². The number of amides is 2. The lowest BCUT2D eigenvalue weighted by Crippen LogP contribution is -2.48. The standard InChI is InChI=1S/C17H25FN4O3/c1-3-21(4-2)15(10-19)17(24)20-12-5-6-14(13(18)9-12)22-7-8-25-11-16(22)23/h5-6,9,15H,3-4,7-8,10-11,19H2,1-2H3,(H,20,24)/t15-/m1/s1. The second-order valence-electron chi connectivity index (χ2n) is 5.73. The lowest BCUT2D eigenvalue weighted by molar-refractivity contribution is -0.125. The largest absolute Gasteiger partial charge is 0.370 e. The molecule has 0 aromatic heterocycles. The average molecular weight is 352 g/mol. The highest BCUT2D eigenvalue weighted by Crippen LogP contribution is 2.24. The number of nitrogens with two attached hydrogens (primary N) is 1. The van der Waals surface area contributed by atoms with E-state index in [0.717, 1.165) is 0 Å². The third-order valence-corrected chi connectivity index (χ3v) is 4.27. The van der Waals surface area contributed by atoms with Gasteiger partial charge in [-0.25, -0.2) is 4.39 Å². The van der Waals surface area contributed by atoms with Crippen molar-refractivity contribution in [3.63, 3.8) is 0 Å². The number of hydrogen-bond acceptors (Lipinski definition) is 5. The van der Waals surface area contributed by atoms with Crippen LogP contribution >= 0.6 is 0 Å². The monoisotopic (exact) mass is 352 g/mol. The molecule has 1 atom stereocenters. The van der Waals surface area contributed by atoms with E-state index in [0.29, 0.717) is 31.9 Å². The lowest BCUT2D eigenvalue weighted by atomic mass is 10.2. The Kier molecular flexibility index (Phi) is 6.86. The smallest absolute Gasteiger partial charge is 0.253 e. The van der Waals surface area contributed by atoms with Gasteiger partial charge in [-0.1, -0.05) is 13.8 Å². The summed E-state index contributed by atoms with van der Waals surface area (Å²) in [4.78, 5) is 27.5. The quantitative estimate of drug-likeness (QED) is 0.758. The van der Waals surface area contributed by atoms with Crippen LogP contribution in [0.5, 0.6) is 0 Å². The van der Waals surface area contributed by atoms with Gasteiger partial charge in [0.15, 0.2) is 0 Å². The Balaban J connectivity index is 2.12. The first-order valence-corrected chi connectivity index (χ1v) is 8.44. The first kappa shape index (κ1) is 19.3. The normalized spacial score (nSPS) is 16.2. The van der Waals surface area contributed by atoms with E-state index in [1.165, 1.54) is 17.0 Å². The van der Waals surface area contributed by atoms with Crippen LogP contribution < -0.4 is 16.0 Å². The van der Waals surface area contributed by atoms with Crippen LogP contribution in [0.4, 0.5) is 15.8 Å². The molecule has 0 radical (unpaired) electrons. The number of rotatable bonds is 7. The van der Waals surface area contributed by atoms with Crippen molar-refractivity contribution >= 4 is 23.2 Å². The van der Waals surface area contributed by atoms with E-state index < -0.39 is 11.9 Å². The van der Waals surface area contributed by atoms with Gasteiger partial charge in [0.25, 0.3) is 5.91 Å². The summed E-state index contributed by atoms with van der Waals surface area (Å²) in [5.41, 5.74) is 6.23. The minimum Gasteiger partial charge on any atom is -0.370 e. The Bertz CT molecular complexity index is 622. The van der Waals surface area contributed by atoms with Crippen molar-refractivity contribution in [2.45, 2.75) is 19.9 Å². The average Bonchev–Trinajstić information content (AvgIpc) is 2.60. The van der Waals surface area contributed by atoms with Crippen LogP contribution in [-0.2, 0) is 14.3 Å². The zero-order valence-electron chi connectivity index (χ0n) is 14.6. The first-order chi connectivity index (χ1) is 12.0. The van der Waals surface area contributed by atoms with Crippen LogP contribution in [0, 0.1) is 5.82 Å². The van der Waals surface area contributed by atoms with Gasteiger partial charge < -0.3 is 20.7 Å². The minimum atomic E-state index is -0.569. The number of carbonyl (C=O) groups is 2. The molecule has 1 fully saturated rings. The van der Waals surface area contributed by atoms with Gasteiger partial charge in [0.2, 0.25) is 5.91 Å². The van der Waals surface area contributed by atoms with E-state index in [4.69, 9.17) is 10.5 Å². The van der Waals surface area contributed by atoms with Crippen LogP contribution in [0.25, 0.3) is 0 Å². The fourth-order valence-corrected chi connectivity index (χ4v) is 2.89. The van der Waals surface area contributed by atoms with Gasteiger partial charge in [-0.15, -0.1) is 0 Å². The zero-order valence-corrected chi connectivity index (χ0v) is 14.6. The van der Waals surface area contributed by atoms with E-state index >= 15 is 0 Å². The predicted molar refractivity (Wildman–Crippen MR) is 94.0 cm³/mol. The molecule has 138 valence electrons. The molecule has 1 aromatic carbocycles. The molecule has 1 saturated heterocycles. The number of likely N-dealkylation sites (N-methyl/N-ethyl adjacent to an activating group) is 1. The topological polar surface area (TPSA) is 87.9 Å². The molecule has 1 aliphatic rings. The Morgan fingerprint density at radius 1 is 1.44 bits per heavy atom. The third-order valence-electron chi connectivity index (χ3n) is 4.27. The van der Waals surface area contributed by atoms with Crippen molar-refractivity contribution in [3.05, 3.63) is 24.0 Å². The Labute approximate surface area is 146 Å². The molecular weight excluding hydrogens is 327 g/mol. The van der Waals surface area contributed by atoms with Crippen molar-refractivity contribution in [1.29, 1.82) is 0 Å².